The second-order valence-corrected chi connectivity index (χ2v) is 3.76. The number of benzene rings is 1. The molecule has 0 heterocycles. The first-order valence-electron chi connectivity index (χ1n) is 5.06. The lowest BCUT2D eigenvalue weighted by Gasteiger charge is -2.07. The maximum absolute atomic E-state index is 11.9. The Morgan fingerprint density at radius 2 is 2.35 bits per heavy atom. The molecule has 0 saturated carbocycles. The fourth-order valence-electron chi connectivity index (χ4n) is 1.39. The molecule has 0 aromatic heterocycles. The second-order valence-electron chi connectivity index (χ2n) is 3.33. The molecule has 90 valence electrons. The van der Waals surface area contributed by atoms with E-state index in [-0.39, 0.29) is 5.78 Å². The predicted octanol–water partition coefficient (Wildman–Crippen LogP) is 3.62. The minimum Gasteiger partial charge on any atom is -0.496 e. The van der Waals surface area contributed by atoms with Gasteiger partial charge in [-0.25, -0.2) is 0 Å². The van der Waals surface area contributed by atoms with Gasteiger partial charge in [0.05, 0.1) is 12.7 Å². The molecule has 0 amide bonds. The van der Waals surface area contributed by atoms with Crippen molar-refractivity contribution < 1.29 is 9.53 Å². The zero-order valence-electron chi connectivity index (χ0n) is 9.39. The van der Waals surface area contributed by atoms with Gasteiger partial charge in [-0.05, 0) is 30.2 Å². The monoisotopic (exact) mass is 253 g/mol. The van der Waals surface area contributed by atoms with Gasteiger partial charge in [0.15, 0.2) is 5.78 Å². The van der Waals surface area contributed by atoms with E-state index in [1.807, 2.05) is 0 Å². The van der Waals surface area contributed by atoms with E-state index in [0.29, 0.717) is 35.7 Å². The zero-order chi connectivity index (χ0) is 12.7. The van der Waals surface area contributed by atoms with Gasteiger partial charge in [0.25, 0.3) is 0 Å². The van der Waals surface area contributed by atoms with Crippen molar-refractivity contribution in [3.05, 3.63) is 39.2 Å². The Morgan fingerprint density at radius 3 is 3.00 bits per heavy atom. The molecule has 5 nitrogen and oxygen atoms in total. The standard InChI is InChI=1S/C11H12ClN3O2/c1-17-11-5-4-8(12)7-9(11)10(16)3-2-6-14-15-13/h4-5,7H,2-3,6H2,1H3. The van der Waals surface area contributed by atoms with Gasteiger partial charge in [0, 0.05) is 22.9 Å². The minimum absolute atomic E-state index is 0.0718. The second kappa shape index (κ2) is 6.78. The van der Waals surface area contributed by atoms with Crippen molar-refractivity contribution in [1.82, 2.24) is 0 Å². The average Bonchev–Trinajstić information content (AvgIpc) is 2.34. The van der Waals surface area contributed by atoms with Crippen molar-refractivity contribution in [1.29, 1.82) is 0 Å². The smallest absolute Gasteiger partial charge is 0.166 e. The molecular weight excluding hydrogens is 242 g/mol. The number of carbonyl (C=O) groups excluding carboxylic acids is 1. The van der Waals surface area contributed by atoms with Crippen molar-refractivity contribution in [3.8, 4) is 5.75 Å². The number of hydrogen-bond donors (Lipinski definition) is 0. The predicted molar refractivity (Wildman–Crippen MR) is 65.6 cm³/mol. The SMILES string of the molecule is COc1ccc(Cl)cc1C(=O)CCCN=[N+]=[N-]. The van der Waals surface area contributed by atoms with Gasteiger partial charge in [-0.2, -0.15) is 0 Å². The molecule has 0 aliphatic heterocycles. The normalized spacial score (nSPS) is 9.53. The van der Waals surface area contributed by atoms with Crippen LogP contribution in [0.4, 0.5) is 0 Å². The molecule has 1 aromatic rings. The van der Waals surface area contributed by atoms with Crippen molar-refractivity contribution in [2.75, 3.05) is 13.7 Å². The highest BCUT2D eigenvalue weighted by Crippen LogP contribution is 2.24. The van der Waals surface area contributed by atoms with E-state index >= 15 is 0 Å². The lowest BCUT2D eigenvalue weighted by atomic mass is 10.1. The lowest BCUT2D eigenvalue weighted by molar-refractivity contribution is 0.0978. The molecule has 0 saturated heterocycles. The van der Waals surface area contributed by atoms with Crippen LogP contribution in [0.1, 0.15) is 23.2 Å². The van der Waals surface area contributed by atoms with Crippen LogP contribution in [0.25, 0.3) is 10.4 Å². The number of ether oxygens (including phenoxy) is 1. The molecule has 0 N–H and O–H groups in total. The lowest BCUT2D eigenvalue weighted by Crippen LogP contribution is -2.02. The molecule has 0 unspecified atom stereocenters. The van der Waals surface area contributed by atoms with Crippen molar-refractivity contribution >= 4 is 17.4 Å². The molecule has 0 bridgehead atoms. The van der Waals surface area contributed by atoms with E-state index in [2.05, 4.69) is 10.0 Å². The van der Waals surface area contributed by atoms with Crippen LogP contribution in [0.3, 0.4) is 0 Å². The van der Waals surface area contributed by atoms with Crippen LogP contribution in [0.5, 0.6) is 5.75 Å². The van der Waals surface area contributed by atoms with E-state index in [4.69, 9.17) is 21.9 Å². The number of hydrogen-bond acceptors (Lipinski definition) is 3. The summed E-state index contributed by atoms with van der Waals surface area (Å²) in [6.45, 7) is 0.311. The molecule has 0 atom stereocenters. The number of ketones is 1. The summed E-state index contributed by atoms with van der Waals surface area (Å²) in [6.07, 6.45) is 0.814. The maximum Gasteiger partial charge on any atom is 0.166 e. The van der Waals surface area contributed by atoms with E-state index in [1.165, 1.54) is 7.11 Å². The van der Waals surface area contributed by atoms with E-state index in [0.717, 1.165) is 0 Å². The first-order chi connectivity index (χ1) is 8.19. The summed E-state index contributed by atoms with van der Waals surface area (Å²) in [4.78, 5) is 14.5. The summed E-state index contributed by atoms with van der Waals surface area (Å²) < 4.78 is 5.09. The fraction of sp³-hybridized carbons (Fsp3) is 0.364. The molecule has 0 aliphatic rings. The number of nitrogens with zero attached hydrogens (tertiary/aromatic N) is 3. The first kappa shape index (κ1) is 13.4. The number of rotatable bonds is 6. The highest BCUT2D eigenvalue weighted by molar-refractivity contribution is 6.31. The zero-order valence-corrected chi connectivity index (χ0v) is 10.1. The van der Waals surface area contributed by atoms with Crippen LogP contribution in [0, 0.1) is 0 Å². The molecular formula is C11H12ClN3O2. The van der Waals surface area contributed by atoms with Crippen LogP contribution in [-0.2, 0) is 0 Å². The summed E-state index contributed by atoms with van der Waals surface area (Å²) in [7, 11) is 1.50. The van der Waals surface area contributed by atoms with Gasteiger partial charge in [0.1, 0.15) is 5.75 Å². The Morgan fingerprint density at radius 1 is 1.59 bits per heavy atom. The molecule has 0 radical (unpaired) electrons. The van der Waals surface area contributed by atoms with Crippen molar-refractivity contribution in [3.63, 3.8) is 0 Å². The topological polar surface area (TPSA) is 75.1 Å². The molecule has 0 fully saturated rings. The molecule has 1 aromatic carbocycles. The fourth-order valence-corrected chi connectivity index (χ4v) is 1.56. The number of Topliss-reactive ketones (excluding diaryl/α,β-unsaturated/α-hetero) is 1. The Bertz CT molecular complexity index is 456. The van der Waals surface area contributed by atoms with Gasteiger partial charge in [-0.15, -0.1) is 0 Å². The number of methoxy groups -OCH3 is 1. The highest BCUT2D eigenvalue weighted by Gasteiger charge is 2.12. The number of carbonyl (C=O) groups is 1. The van der Waals surface area contributed by atoms with Crippen molar-refractivity contribution in [2.24, 2.45) is 5.11 Å². The molecule has 0 spiro atoms. The quantitative estimate of drug-likeness (QED) is 0.255. The van der Waals surface area contributed by atoms with Gasteiger partial charge in [-0.1, -0.05) is 16.7 Å². The van der Waals surface area contributed by atoms with Crippen LogP contribution in [-0.4, -0.2) is 19.4 Å². The Kier molecular flexibility index (Phi) is 5.33. The summed E-state index contributed by atoms with van der Waals surface area (Å²) >= 11 is 5.83. The Balaban J connectivity index is 2.73. The van der Waals surface area contributed by atoms with Crippen molar-refractivity contribution in [2.45, 2.75) is 12.8 Å². The summed E-state index contributed by atoms with van der Waals surface area (Å²) in [5.41, 5.74) is 8.56. The molecule has 17 heavy (non-hydrogen) atoms. The third-order valence-corrected chi connectivity index (χ3v) is 2.42. The summed E-state index contributed by atoms with van der Waals surface area (Å²) in [6, 6.07) is 4.90. The first-order valence-corrected chi connectivity index (χ1v) is 5.44. The number of azide groups is 1. The third-order valence-electron chi connectivity index (χ3n) is 2.19. The minimum atomic E-state index is -0.0718. The van der Waals surface area contributed by atoms with Crippen LogP contribution in [0.15, 0.2) is 23.3 Å². The Hall–Kier alpha value is -1.71. The summed E-state index contributed by atoms with van der Waals surface area (Å²) in [5.74, 6) is 0.431. The number of halogens is 1. The van der Waals surface area contributed by atoms with Gasteiger partial charge >= 0.3 is 0 Å². The van der Waals surface area contributed by atoms with Gasteiger partial charge in [-0.3, -0.25) is 4.79 Å². The van der Waals surface area contributed by atoms with E-state index < -0.39 is 0 Å². The van der Waals surface area contributed by atoms with Gasteiger partial charge < -0.3 is 4.74 Å². The molecule has 0 aliphatic carbocycles. The third kappa shape index (κ3) is 3.98. The van der Waals surface area contributed by atoms with Crippen LogP contribution in [0.2, 0.25) is 5.02 Å². The van der Waals surface area contributed by atoms with Gasteiger partial charge in [0.2, 0.25) is 0 Å². The van der Waals surface area contributed by atoms with Crippen LogP contribution >= 0.6 is 11.6 Å². The average molecular weight is 254 g/mol. The van der Waals surface area contributed by atoms with Crippen LogP contribution < -0.4 is 4.74 Å². The molecule has 6 heteroatoms. The molecule has 1 rings (SSSR count). The van der Waals surface area contributed by atoms with E-state index in [1.54, 1.807) is 18.2 Å². The van der Waals surface area contributed by atoms with E-state index in [9.17, 15) is 4.79 Å². The highest BCUT2D eigenvalue weighted by atomic mass is 35.5. The Labute approximate surface area is 104 Å². The largest absolute Gasteiger partial charge is 0.496 e. The summed E-state index contributed by atoms with van der Waals surface area (Å²) in [5, 5.41) is 3.86. The maximum atomic E-state index is 11.9.